The molecule has 7 aromatic rings. The standard InChI is InChI=1S/C31H33ClN4O2.C15H12ClN3O2/c1-21-14-28-30(15-22(21)2)33-20-34-31(28)38-27-9-8-24(29(32)18-27)17-26(37)16-23-6-4-5-7-25(23)19-36-12-10-35(3)11-13-36;1-8-4-10-13(6-14(8)20)18-7-19-15(10)21-9-2-3-12(17)11(16)5-9/h4-9,14-15,18,20H,10-13,16-17,19H2,1-3H3;2-7,20H,17H2,1H3. The van der Waals surface area contributed by atoms with Gasteiger partial charge in [-0.25, -0.2) is 19.9 Å². The second-order valence-corrected chi connectivity index (χ2v) is 15.7. The zero-order valence-corrected chi connectivity index (χ0v) is 34.9. The molecule has 1 fully saturated rings. The highest BCUT2D eigenvalue weighted by Gasteiger charge is 2.18. The van der Waals surface area contributed by atoms with Crippen molar-refractivity contribution in [2.75, 3.05) is 39.0 Å². The summed E-state index contributed by atoms with van der Waals surface area (Å²) in [6.45, 7) is 11.0. The van der Waals surface area contributed by atoms with Crippen molar-refractivity contribution in [1.29, 1.82) is 0 Å². The number of phenols is 1. The van der Waals surface area contributed by atoms with Crippen LogP contribution in [0.4, 0.5) is 5.69 Å². The van der Waals surface area contributed by atoms with Gasteiger partial charge in [0.15, 0.2) is 0 Å². The van der Waals surface area contributed by atoms with Gasteiger partial charge in [0.25, 0.3) is 0 Å². The van der Waals surface area contributed by atoms with Gasteiger partial charge in [0.2, 0.25) is 11.8 Å². The largest absolute Gasteiger partial charge is 0.508 e. The minimum absolute atomic E-state index is 0.138. The fourth-order valence-corrected chi connectivity index (χ4v) is 7.19. The van der Waals surface area contributed by atoms with Crippen LogP contribution in [-0.2, 0) is 24.2 Å². The second kappa shape index (κ2) is 18.4. The number of aromatic hydroxyl groups is 1. The number of halogens is 2. The fourth-order valence-electron chi connectivity index (χ4n) is 6.78. The zero-order valence-electron chi connectivity index (χ0n) is 33.4. The van der Waals surface area contributed by atoms with Gasteiger partial charge in [0, 0.05) is 62.7 Å². The molecule has 0 saturated carbocycles. The van der Waals surface area contributed by atoms with Crippen LogP contribution < -0.4 is 15.2 Å². The normalized spacial score (nSPS) is 13.3. The van der Waals surface area contributed by atoms with E-state index in [-0.39, 0.29) is 18.0 Å². The van der Waals surface area contributed by atoms with Crippen molar-refractivity contribution in [2.45, 2.75) is 40.2 Å². The topological polar surface area (TPSA) is 140 Å². The molecule has 13 heteroatoms. The number of likely N-dealkylation sites (N-methyl/N-ethyl adjacent to an activating group) is 1. The number of nitrogens with zero attached hydrogens (tertiary/aromatic N) is 6. The summed E-state index contributed by atoms with van der Waals surface area (Å²) in [6, 6.07) is 26.1. The predicted molar refractivity (Wildman–Crippen MR) is 234 cm³/mol. The molecule has 302 valence electrons. The number of carbonyl (C=O) groups excluding carboxylic acids is 1. The number of aromatic nitrogens is 4. The number of ketones is 1. The average molecular weight is 831 g/mol. The number of carbonyl (C=O) groups is 1. The van der Waals surface area contributed by atoms with Crippen molar-refractivity contribution in [2.24, 2.45) is 0 Å². The van der Waals surface area contributed by atoms with Crippen molar-refractivity contribution < 1.29 is 19.4 Å². The van der Waals surface area contributed by atoms with Crippen LogP contribution >= 0.6 is 23.2 Å². The number of anilines is 1. The van der Waals surface area contributed by atoms with Crippen LogP contribution in [0.1, 0.15) is 33.4 Å². The number of phenolic OH excluding ortho intramolecular Hbond substituents is 1. The lowest BCUT2D eigenvalue weighted by molar-refractivity contribution is -0.117. The van der Waals surface area contributed by atoms with E-state index < -0.39 is 0 Å². The third kappa shape index (κ3) is 10.2. The van der Waals surface area contributed by atoms with E-state index in [0.717, 1.165) is 65.9 Å². The molecule has 2 aromatic heterocycles. The zero-order chi connectivity index (χ0) is 41.6. The van der Waals surface area contributed by atoms with Gasteiger partial charge in [-0.15, -0.1) is 0 Å². The van der Waals surface area contributed by atoms with Crippen LogP contribution in [0.15, 0.2) is 97.6 Å². The Morgan fingerprint density at radius 3 is 1.88 bits per heavy atom. The lowest BCUT2D eigenvalue weighted by Crippen LogP contribution is -2.44. The van der Waals surface area contributed by atoms with Gasteiger partial charge < -0.3 is 25.2 Å². The van der Waals surface area contributed by atoms with E-state index in [1.165, 1.54) is 23.8 Å². The molecule has 0 bridgehead atoms. The quantitative estimate of drug-likeness (QED) is 0.127. The van der Waals surface area contributed by atoms with Crippen molar-refractivity contribution >= 4 is 56.5 Å². The Bertz CT molecular complexity index is 2650. The Hall–Kier alpha value is -5.85. The monoisotopic (exact) mass is 829 g/mol. The molecule has 0 aliphatic carbocycles. The van der Waals surface area contributed by atoms with Gasteiger partial charge in [0.1, 0.15) is 35.7 Å². The third-order valence-electron chi connectivity index (χ3n) is 10.4. The van der Waals surface area contributed by atoms with Crippen LogP contribution in [0.3, 0.4) is 0 Å². The molecule has 59 heavy (non-hydrogen) atoms. The van der Waals surface area contributed by atoms with Crippen LogP contribution in [-0.4, -0.2) is 73.9 Å². The van der Waals surface area contributed by atoms with Gasteiger partial charge in [-0.3, -0.25) is 9.69 Å². The summed E-state index contributed by atoms with van der Waals surface area (Å²) in [5.74, 6) is 2.29. The minimum atomic E-state index is 0.138. The number of Topliss-reactive ketones (excluding diaryl/α,β-unsaturated/α-hetero) is 1. The summed E-state index contributed by atoms with van der Waals surface area (Å²) in [5, 5.41) is 12.2. The maximum Gasteiger partial charge on any atom is 0.230 e. The number of benzene rings is 5. The first-order valence-corrected chi connectivity index (χ1v) is 20.0. The first kappa shape index (κ1) is 41.3. The molecule has 8 rings (SSSR count). The lowest BCUT2D eigenvalue weighted by atomic mass is 9.98. The Kier molecular flexibility index (Phi) is 12.9. The SMILES string of the molecule is Cc1cc2c(Oc3ccc(N)c(Cl)c3)ncnc2cc1O.Cc1cc2ncnc(Oc3ccc(CC(=O)Cc4ccccc4CN4CCN(C)CC4)c(Cl)c3)c2cc1C. The Morgan fingerprint density at radius 1 is 0.678 bits per heavy atom. The maximum absolute atomic E-state index is 13.1. The highest BCUT2D eigenvalue weighted by Crippen LogP contribution is 2.34. The van der Waals surface area contributed by atoms with Gasteiger partial charge >= 0.3 is 0 Å². The van der Waals surface area contributed by atoms with Gasteiger partial charge in [-0.2, -0.15) is 0 Å². The van der Waals surface area contributed by atoms with Crippen molar-refractivity contribution in [3.05, 3.63) is 141 Å². The average Bonchev–Trinajstić information content (AvgIpc) is 3.21. The van der Waals surface area contributed by atoms with E-state index >= 15 is 0 Å². The first-order chi connectivity index (χ1) is 28.4. The van der Waals surface area contributed by atoms with Crippen LogP contribution in [0.25, 0.3) is 21.8 Å². The number of nitrogen functional groups attached to an aromatic ring is 1. The fraction of sp³-hybridized carbons (Fsp3) is 0.239. The number of aryl methyl sites for hydroxylation is 3. The van der Waals surface area contributed by atoms with Gasteiger partial charge in [-0.1, -0.05) is 53.5 Å². The first-order valence-electron chi connectivity index (χ1n) is 19.2. The van der Waals surface area contributed by atoms with E-state index in [0.29, 0.717) is 56.3 Å². The van der Waals surface area contributed by atoms with E-state index in [2.05, 4.69) is 68.8 Å². The number of hydrogen-bond donors (Lipinski definition) is 2. The molecule has 3 N–H and O–H groups in total. The highest BCUT2D eigenvalue weighted by atomic mass is 35.5. The van der Waals surface area contributed by atoms with Gasteiger partial charge in [0.05, 0.1) is 32.5 Å². The van der Waals surface area contributed by atoms with Gasteiger partial charge in [-0.05, 0) is 104 Å². The smallest absolute Gasteiger partial charge is 0.230 e. The molecule has 1 aliphatic rings. The Morgan fingerprint density at radius 2 is 1.24 bits per heavy atom. The molecule has 0 spiro atoms. The molecule has 5 aromatic carbocycles. The predicted octanol–water partition coefficient (Wildman–Crippen LogP) is 9.47. The molecule has 0 unspecified atom stereocenters. The van der Waals surface area contributed by atoms with E-state index in [4.69, 9.17) is 38.4 Å². The summed E-state index contributed by atoms with van der Waals surface area (Å²) < 4.78 is 11.8. The number of hydrogen-bond acceptors (Lipinski definition) is 11. The number of piperazine rings is 1. The molecule has 0 radical (unpaired) electrons. The van der Waals surface area contributed by atoms with E-state index in [1.54, 1.807) is 43.3 Å². The highest BCUT2D eigenvalue weighted by molar-refractivity contribution is 6.33. The summed E-state index contributed by atoms with van der Waals surface area (Å²) >= 11 is 12.6. The molecule has 3 heterocycles. The molecule has 1 aliphatic heterocycles. The van der Waals surface area contributed by atoms with Crippen LogP contribution in [0.2, 0.25) is 10.0 Å². The number of rotatable bonds is 10. The third-order valence-corrected chi connectivity index (χ3v) is 11.1. The number of nitrogens with two attached hydrogens (primary N) is 1. The maximum atomic E-state index is 13.1. The molecule has 1 saturated heterocycles. The van der Waals surface area contributed by atoms with Crippen LogP contribution in [0, 0.1) is 20.8 Å². The van der Waals surface area contributed by atoms with E-state index in [9.17, 15) is 9.90 Å². The summed E-state index contributed by atoms with van der Waals surface area (Å²) in [4.78, 5) is 34.8. The summed E-state index contributed by atoms with van der Waals surface area (Å²) in [6.07, 6.45) is 3.55. The van der Waals surface area contributed by atoms with Crippen molar-refractivity contribution in [3.63, 3.8) is 0 Å². The van der Waals surface area contributed by atoms with Crippen molar-refractivity contribution in [1.82, 2.24) is 29.7 Å². The second-order valence-electron chi connectivity index (χ2n) is 14.8. The molecule has 11 nitrogen and oxygen atoms in total. The summed E-state index contributed by atoms with van der Waals surface area (Å²) in [5.41, 5.74) is 13.7. The molecule has 0 atom stereocenters. The molecular weight excluding hydrogens is 785 g/mol. The summed E-state index contributed by atoms with van der Waals surface area (Å²) in [7, 11) is 2.16. The minimum Gasteiger partial charge on any atom is -0.508 e. The van der Waals surface area contributed by atoms with Crippen LogP contribution in [0.5, 0.6) is 29.0 Å². The van der Waals surface area contributed by atoms with E-state index in [1.807, 2.05) is 30.3 Å². The molecular formula is C46H45Cl2N7O4. The Balaban J connectivity index is 0.000000212. The number of fused-ring (bicyclic) bond motifs is 2. The lowest BCUT2D eigenvalue weighted by Gasteiger charge is -2.32. The van der Waals surface area contributed by atoms with Crippen molar-refractivity contribution in [3.8, 4) is 29.0 Å². The number of ether oxygens (including phenoxy) is 2. The molecule has 0 amide bonds. The Labute approximate surface area is 353 Å².